The summed E-state index contributed by atoms with van der Waals surface area (Å²) in [7, 11) is 1.49. The van der Waals surface area contributed by atoms with E-state index >= 15 is 0 Å². The number of hydrogen-bond acceptors (Lipinski definition) is 6. The average molecular weight is 315 g/mol. The second-order valence-electron chi connectivity index (χ2n) is 5.07. The van der Waals surface area contributed by atoms with Crippen LogP contribution >= 0.6 is 0 Å². The van der Waals surface area contributed by atoms with Crippen LogP contribution < -0.4 is 0 Å². The second-order valence-corrected chi connectivity index (χ2v) is 5.07. The maximum Gasteiger partial charge on any atom is 0.373 e. The summed E-state index contributed by atoms with van der Waals surface area (Å²) in [5.41, 5.74) is 0.849. The molecule has 3 rings (SSSR count). The van der Waals surface area contributed by atoms with Crippen LogP contribution in [0.15, 0.2) is 35.7 Å². The number of rotatable bonds is 8. The number of oxazole rings is 1. The predicted octanol–water partition coefficient (Wildman–Crippen LogP) is 1.33. The fourth-order valence-corrected chi connectivity index (χ4v) is 2.79. The van der Waals surface area contributed by atoms with Crippen LogP contribution in [0.4, 0.5) is 4.79 Å². The van der Waals surface area contributed by atoms with E-state index in [1.807, 2.05) is 6.08 Å². The van der Waals surface area contributed by atoms with Gasteiger partial charge in [0.05, 0.1) is 19.3 Å². The van der Waals surface area contributed by atoms with Crippen molar-refractivity contribution >= 4 is 25.5 Å². The van der Waals surface area contributed by atoms with E-state index in [0.29, 0.717) is 18.6 Å². The summed E-state index contributed by atoms with van der Waals surface area (Å²) in [6.45, 7) is 4.34. The van der Waals surface area contributed by atoms with Crippen LogP contribution in [0.1, 0.15) is 5.76 Å². The molecule has 2 aliphatic heterocycles. The molecule has 23 heavy (non-hydrogen) atoms. The first-order valence-corrected chi connectivity index (χ1v) is 7.16. The van der Waals surface area contributed by atoms with Crippen LogP contribution in [0.25, 0.3) is 5.57 Å². The fraction of sp³-hybridized carbons (Fsp3) is 0.357. The average Bonchev–Trinajstić information content (AvgIpc) is 3.17. The smallest absolute Gasteiger partial charge is 0.373 e. The summed E-state index contributed by atoms with van der Waals surface area (Å²) < 4.78 is 10.2. The van der Waals surface area contributed by atoms with Crippen LogP contribution in [0.5, 0.6) is 0 Å². The Bertz CT molecular complexity index is 618. The molecule has 1 radical (unpaired) electrons. The summed E-state index contributed by atoms with van der Waals surface area (Å²) in [6.07, 6.45) is 7.82. The molecule has 1 aromatic heterocycles. The molecule has 1 aromatic rings. The number of nitrogens with one attached hydrogen (secondary N) is 1. The Morgan fingerprint density at radius 1 is 1.61 bits per heavy atom. The third-order valence-electron chi connectivity index (χ3n) is 3.77. The van der Waals surface area contributed by atoms with Gasteiger partial charge in [0.1, 0.15) is 12.4 Å². The molecule has 0 aromatic carbocycles. The zero-order chi connectivity index (χ0) is 16.2. The van der Waals surface area contributed by atoms with Crippen molar-refractivity contribution in [3.8, 4) is 0 Å². The Morgan fingerprint density at radius 2 is 2.48 bits per heavy atom. The number of fused-ring (bicyclic) bond motifs is 2. The summed E-state index contributed by atoms with van der Waals surface area (Å²) in [5.74, 6) is 0.606. The number of urea groups is 1. The number of carbonyl (C=O) groups excluding carboxylic acids is 1. The van der Waals surface area contributed by atoms with Gasteiger partial charge < -0.3 is 14.0 Å². The van der Waals surface area contributed by atoms with Crippen LogP contribution in [0, 0.1) is 5.41 Å². The first-order valence-electron chi connectivity index (χ1n) is 7.16. The molecule has 1 fully saturated rings. The molecule has 2 atom stereocenters. The van der Waals surface area contributed by atoms with Crippen molar-refractivity contribution < 1.29 is 18.7 Å². The van der Waals surface area contributed by atoms with E-state index in [1.54, 1.807) is 17.2 Å². The monoisotopic (exact) mass is 315 g/mol. The largest absolute Gasteiger partial charge is 0.556 e. The second kappa shape index (κ2) is 6.70. The first-order chi connectivity index (χ1) is 11.3. The van der Waals surface area contributed by atoms with Crippen molar-refractivity contribution in [2.75, 3.05) is 13.2 Å². The predicted molar refractivity (Wildman–Crippen MR) is 82.6 cm³/mol. The molecule has 0 aliphatic carbocycles. The summed E-state index contributed by atoms with van der Waals surface area (Å²) in [6, 6.07) is -0.665. The van der Waals surface area contributed by atoms with Gasteiger partial charge >= 0.3 is 13.5 Å². The van der Waals surface area contributed by atoms with Gasteiger partial charge in [-0.2, -0.15) is 5.06 Å². The first kappa shape index (κ1) is 15.4. The molecule has 8 nitrogen and oxygen atoms in total. The Labute approximate surface area is 134 Å². The van der Waals surface area contributed by atoms with Crippen molar-refractivity contribution in [3.05, 3.63) is 37.1 Å². The molecule has 1 N–H and O–H groups in total. The molecule has 1 saturated heterocycles. The minimum Gasteiger partial charge on any atom is -0.556 e. The summed E-state index contributed by atoms with van der Waals surface area (Å²) in [5, 5.41) is 8.24. The topological polar surface area (TPSA) is 91.9 Å². The molecule has 9 heteroatoms. The molecule has 119 valence electrons. The van der Waals surface area contributed by atoms with Gasteiger partial charge in [-0.15, -0.1) is 6.58 Å². The van der Waals surface area contributed by atoms with E-state index < -0.39 is 0 Å². The van der Waals surface area contributed by atoms with E-state index in [2.05, 4.69) is 11.6 Å². The van der Waals surface area contributed by atoms with Crippen molar-refractivity contribution in [3.63, 3.8) is 0 Å². The van der Waals surface area contributed by atoms with Crippen molar-refractivity contribution in [1.82, 2.24) is 14.9 Å². The molecule has 0 spiro atoms. The Kier molecular flexibility index (Phi) is 4.47. The lowest BCUT2D eigenvalue weighted by atomic mass is 9.85. The summed E-state index contributed by atoms with van der Waals surface area (Å²) >= 11 is 0. The molecule has 3 heterocycles. The lowest BCUT2D eigenvalue weighted by molar-refractivity contribution is -0.106. The highest BCUT2D eigenvalue weighted by Gasteiger charge is 2.47. The minimum absolute atomic E-state index is 0.198. The van der Waals surface area contributed by atoms with Gasteiger partial charge in [-0.25, -0.2) is 9.78 Å². The third kappa shape index (κ3) is 2.87. The lowest BCUT2D eigenvalue weighted by Crippen LogP contribution is -2.39. The Morgan fingerprint density at radius 3 is 3.17 bits per heavy atom. The highest BCUT2D eigenvalue weighted by Crippen LogP contribution is 2.36. The number of amides is 2. The number of aromatic nitrogens is 1. The molecule has 2 aliphatic rings. The standard InChI is InChI=1S/C14H16BN4O4/c1-2-3-23-19-12-7-18(14(19)20)10(5-15-22-8-16)4-11(12)13-6-17-9-21-13/h2,4,6,8-10,12,16H,1,3,5,7H2/t10-,12?/m0/s1. The Hall–Kier alpha value is -2.55. The fourth-order valence-electron chi connectivity index (χ4n) is 2.79. The van der Waals surface area contributed by atoms with Gasteiger partial charge in [0.15, 0.2) is 12.2 Å². The normalized spacial score (nSPS) is 22.8. The quantitative estimate of drug-likeness (QED) is 0.257. The van der Waals surface area contributed by atoms with Gasteiger partial charge in [0.25, 0.3) is 0 Å². The van der Waals surface area contributed by atoms with Crippen molar-refractivity contribution in [2.24, 2.45) is 0 Å². The third-order valence-corrected chi connectivity index (χ3v) is 3.77. The van der Waals surface area contributed by atoms with Crippen LogP contribution in [-0.4, -0.2) is 60.1 Å². The van der Waals surface area contributed by atoms with Crippen LogP contribution in [0.2, 0.25) is 6.32 Å². The number of hydroxylamine groups is 2. The zero-order valence-corrected chi connectivity index (χ0v) is 12.4. The zero-order valence-electron chi connectivity index (χ0n) is 12.4. The lowest BCUT2D eigenvalue weighted by Gasteiger charge is -2.28. The van der Waals surface area contributed by atoms with Crippen molar-refractivity contribution in [2.45, 2.75) is 18.4 Å². The molecule has 2 amide bonds. The van der Waals surface area contributed by atoms with E-state index in [4.69, 9.17) is 19.3 Å². The Balaban J connectivity index is 1.87. The van der Waals surface area contributed by atoms with E-state index in [9.17, 15) is 4.79 Å². The number of carbonyl (C=O) groups is 1. The molecule has 1 unspecified atom stereocenters. The SMILES string of the molecule is C=CCON1C(=O)N2CC1C(c1cnco1)=C[C@H]2C[B]OC=N. The molecular formula is C14H16BN4O4. The van der Waals surface area contributed by atoms with Crippen molar-refractivity contribution in [1.29, 1.82) is 5.41 Å². The molecular weight excluding hydrogens is 299 g/mol. The van der Waals surface area contributed by atoms with E-state index in [1.165, 1.54) is 18.9 Å². The molecule has 2 bridgehead atoms. The summed E-state index contributed by atoms with van der Waals surface area (Å²) in [4.78, 5) is 23.7. The van der Waals surface area contributed by atoms with E-state index in [-0.39, 0.29) is 24.7 Å². The number of nitrogens with zero attached hydrogens (tertiary/aromatic N) is 3. The van der Waals surface area contributed by atoms with Gasteiger partial charge in [0.2, 0.25) is 0 Å². The van der Waals surface area contributed by atoms with Crippen LogP contribution in [-0.2, 0) is 9.49 Å². The highest BCUT2D eigenvalue weighted by atomic mass is 16.7. The number of hydrogen-bond donors (Lipinski definition) is 1. The highest BCUT2D eigenvalue weighted by molar-refractivity contribution is 6.29. The maximum atomic E-state index is 12.6. The maximum absolute atomic E-state index is 12.6. The van der Waals surface area contributed by atoms with Gasteiger partial charge in [-0.1, -0.05) is 12.2 Å². The van der Waals surface area contributed by atoms with Crippen LogP contribution in [0.3, 0.4) is 0 Å². The minimum atomic E-state index is -0.254. The van der Waals surface area contributed by atoms with Gasteiger partial charge in [-0.05, 0) is 6.32 Å². The van der Waals surface area contributed by atoms with Gasteiger partial charge in [-0.3, -0.25) is 10.2 Å². The van der Waals surface area contributed by atoms with Gasteiger partial charge in [0, 0.05) is 11.6 Å². The van der Waals surface area contributed by atoms with E-state index in [0.717, 1.165) is 12.0 Å². The molecule has 0 saturated carbocycles.